The predicted octanol–water partition coefficient (Wildman–Crippen LogP) is 1.18. The average molecular weight is 233 g/mol. The summed E-state index contributed by atoms with van der Waals surface area (Å²) in [7, 11) is 0. The summed E-state index contributed by atoms with van der Waals surface area (Å²) < 4.78 is 5.58. The number of nitrogen functional groups attached to an aromatic ring is 1. The molecule has 4 nitrogen and oxygen atoms in total. The first-order valence-corrected chi connectivity index (χ1v) is 6.35. The van der Waals surface area contributed by atoms with Gasteiger partial charge in [0.15, 0.2) is 0 Å². The molecule has 3 N–H and O–H groups in total. The van der Waals surface area contributed by atoms with Crippen molar-refractivity contribution in [3.63, 3.8) is 0 Å². The first kappa shape index (κ1) is 11.0. The smallest absolute Gasteiger partial charge is 0.127 e. The van der Waals surface area contributed by atoms with Crippen LogP contribution >= 0.6 is 0 Å². The third-order valence-corrected chi connectivity index (χ3v) is 3.83. The molecule has 0 spiro atoms. The van der Waals surface area contributed by atoms with Gasteiger partial charge in [0.2, 0.25) is 0 Å². The van der Waals surface area contributed by atoms with Crippen LogP contribution < -0.4 is 11.1 Å². The second kappa shape index (κ2) is 4.63. The summed E-state index contributed by atoms with van der Waals surface area (Å²) in [5.74, 6) is 2.22. The Hall–Kier alpha value is -1.13. The minimum atomic E-state index is 0.488. The van der Waals surface area contributed by atoms with Crippen molar-refractivity contribution in [2.24, 2.45) is 11.8 Å². The highest BCUT2D eigenvalue weighted by atomic mass is 16.5. The number of nitrogens with one attached hydrogen (secondary N) is 1. The first-order valence-electron chi connectivity index (χ1n) is 6.35. The van der Waals surface area contributed by atoms with Gasteiger partial charge in [-0.25, -0.2) is 4.98 Å². The number of aromatic nitrogens is 1. The molecule has 2 atom stereocenters. The van der Waals surface area contributed by atoms with E-state index in [1.807, 2.05) is 12.1 Å². The highest BCUT2D eigenvalue weighted by Gasteiger charge is 2.39. The number of ether oxygens (including phenoxy) is 1. The van der Waals surface area contributed by atoms with Crippen LogP contribution in [0.5, 0.6) is 0 Å². The number of hydrogen-bond donors (Lipinski definition) is 2. The molecule has 2 heterocycles. The molecule has 2 fully saturated rings. The summed E-state index contributed by atoms with van der Waals surface area (Å²) in [5, 5.41) is 3.57. The Labute approximate surface area is 102 Å². The second-order valence-electron chi connectivity index (χ2n) is 5.07. The van der Waals surface area contributed by atoms with E-state index in [0.717, 1.165) is 31.2 Å². The Balaban J connectivity index is 1.58. The summed E-state index contributed by atoms with van der Waals surface area (Å²) in [6, 6.07) is 4.44. The Morgan fingerprint density at radius 3 is 3.06 bits per heavy atom. The topological polar surface area (TPSA) is 60.2 Å². The van der Waals surface area contributed by atoms with Gasteiger partial charge in [-0.05, 0) is 24.8 Å². The number of nitrogens with two attached hydrogens (primary N) is 1. The molecule has 0 amide bonds. The van der Waals surface area contributed by atoms with E-state index in [1.165, 1.54) is 12.8 Å². The highest BCUT2D eigenvalue weighted by Crippen LogP contribution is 2.40. The van der Waals surface area contributed by atoms with E-state index in [0.29, 0.717) is 17.8 Å². The number of anilines is 1. The van der Waals surface area contributed by atoms with Crippen molar-refractivity contribution < 1.29 is 4.74 Å². The quantitative estimate of drug-likeness (QED) is 0.820. The largest absolute Gasteiger partial charge is 0.383 e. The van der Waals surface area contributed by atoms with Gasteiger partial charge < -0.3 is 15.8 Å². The van der Waals surface area contributed by atoms with E-state index in [1.54, 1.807) is 6.20 Å². The molecule has 0 radical (unpaired) electrons. The van der Waals surface area contributed by atoms with Crippen molar-refractivity contribution in [1.29, 1.82) is 0 Å². The zero-order chi connectivity index (χ0) is 11.7. The molecule has 0 aromatic carbocycles. The van der Waals surface area contributed by atoms with Crippen LogP contribution in [0.3, 0.4) is 0 Å². The summed E-state index contributed by atoms with van der Waals surface area (Å²) in [4.78, 5) is 4.10. The average Bonchev–Trinajstić information content (AvgIpc) is 3.08. The van der Waals surface area contributed by atoms with Gasteiger partial charge in [-0.3, -0.25) is 0 Å². The van der Waals surface area contributed by atoms with Crippen LogP contribution in [0.1, 0.15) is 18.4 Å². The second-order valence-corrected chi connectivity index (χ2v) is 5.07. The lowest BCUT2D eigenvalue weighted by Crippen LogP contribution is -2.36. The highest BCUT2D eigenvalue weighted by molar-refractivity contribution is 5.38. The fourth-order valence-electron chi connectivity index (χ4n) is 2.61. The molecule has 17 heavy (non-hydrogen) atoms. The van der Waals surface area contributed by atoms with Crippen molar-refractivity contribution in [2.45, 2.75) is 25.4 Å². The minimum Gasteiger partial charge on any atom is -0.383 e. The maximum Gasteiger partial charge on any atom is 0.127 e. The maximum absolute atomic E-state index is 5.83. The van der Waals surface area contributed by atoms with Gasteiger partial charge in [0.1, 0.15) is 5.82 Å². The first-order chi connectivity index (χ1) is 8.34. The van der Waals surface area contributed by atoms with Crippen LogP contribution in [-0.2, 0) is 11.3 Å². The van der Waals surface area contributed by atoms with E-state index in [2.05, 4.69) is 10.3 Å². The van der Waals surface area contributed by atoms with Crippen molar-refractivity contribution in [3.8, 4) is 0 Å². The monoisotopic (exact) mass is 233 g/mol. The fourth-order valence-corrected chi connectivity index (χ4v) is 2.61. The zero-order valence-corrected chi connectivity index (χ0v) is 9.93. The molecule has 2 unspecified atom stereocenters. The van der Waals surface area contributed by atoms with Crippen LogP contribution in [0.25, 0.3) is 0 Å². The molecule has 3 rings (SSSR count). The van der Waals surface area contributed by atoms with E-state index >= 15 is 0 Å². The van der Waals surface area contributed by atoms with Crippen LogP contribution in [-0.4, -0.2) is 24.2 Å². The number of hydrogen-bond acceptors (Lipinski definition) is 4. The van der Waals surface area contributed by atoms with Crippen molar-refractivity contribution >= 4 is 5.82 Å². The van der Waals surface area contributed by atoms with Crippen LogP contribution in [0.4, 0.5) is 5.82 Å². The molecule has 1 aliphatic heterocycles. The van der Waals surface area contributed by atoms with Gasteiger partial charge in [0.05, 0.1) is 13.2 Å². The minimum absolute atomic E-state index is 0.488. The molecule has 2 aliphatic rings. The van der Waals surface area contributed by atoms with Crippen molar-refractivity contribution in [3.05, 3.63) is 23.9 Å². The van der Waals surface area contributed by atoms with Gasteiger partial charge in [0.25, 0.3) is 0 Å². The summed E-state index contributed by atoms with van der Waals surface area (Å²) in [6.07, 6.45) is 4.48. The fraction of sp³-hybridized carbons (Fsp3) is 0.615. The molecule has 1 saturated heterocycles. The molecular formula is C13H19N3O. The van der Waals surface area contributed by atoms with Crippen LogP contribution in [0.2, 0.25) is 0 Å². The predicted molar refractivity (Wildman–Crippen MR) is 66.3 cm³/mol. The molecule has 1 aromatic rings. The van der Waals surface area contributed by atoms with E-state index in [4.69, 9.17) is 10.5 Å². The third kappa shape index (κ3) is 2.42. The van der Waals surface area contributed by atoms with Gasteiger partial charge in [-0.2, -0.15) is 0 Å². The molecule has 1 saturated carbocycles. The number of pyridine rings is 1. The Bertz CT molecular complexity index is 392. The van der Waals surface area contributed by atoms with Gasteiger partial charge >= 0.3 is 0 Å². The Morgan fingerprint density at radius 2 is 2.29 bits per heavy atom. The standard InChI is InChI=1S/C13H19N3O/c14-13-10(2-1-5-15-13)6-16-12-8-17-7-11(12)9-3-4-9/h1-2,5,9,11-12,16H,3-4,6-8H2,(H2,14,15). The number of nitrogens with zero attached hydrogens (tertiary/aromatic N) is 1. The lowest BCUT2D eigenvalue weighted by Gasteiger charge is -2.18. The number of rotatable bonds is 4. The summed E-state index contributed by atoms with van der Waals surface area (Å²) in [6.45, 7) is 2.54. The Kier molecular flexibility index (Phi) is 2.99. The van der Waals surface area contributed by atoms with Crippen LogP contribution in [0, 0.1) is 11.8 Å². The van der Waals surface area contributed by atoms with E-state index < -0.39 is 0 Å². The zero-order valence-electron chi connectivity index (χ0n) is 9.93. The molecular weight excluding hydrogens is 214 g/mol. The molecule has 0 bridgehead atoms. The van der Waals surface area contributed by atoms with E-state index in [9.17, 15) is 0 Å². The van der Waals surface area contributed by atoms with Gasteiger partial charge in [0, 0.05) is 30.3 Å². The summed E-state index contributed by atoms with van der Waals surface area (Å²) in [5.41, 5.74) is 6.91. The lowest BCUT2D eigenvalue weighted by molar-refractivity contribution is 0.180. The molecule has 92 valence electrons. The van der Waals surface area contributed by atoms with Crippen molar-refractivity contribution in [2.75, 3.05) is 18.9 Å². The molecule has 4 heteroatoms. The van der Waals surface area contributed by atoms with Crippen molar-refractivity contribution in [1.82, 2.24) is 10.3 Å². The third-order valence-electron chi connectivity index (χ3n) is 3.83. The molecule has 1 aromatic heterocycles. The maximum atomic E-state index is 5.83. The van der Waals surface area contributed by atoms with Gasteiger partial charge in [-0.15, -0.1) is 0 Å². The SMILES string of the molecule is Nc1ncccc1CNC1COCC1C1CC1. The lowest BCUT2D eigenvalue weighted by atomic mass is 9.98. The van der Waals surface area contributed by atoms with E-state index in [-0.39, 0.29) is 0 Å². The normalized spacial score (nSPS) is 28.5. The Morgan fingerprint density at radius 1 is 1.41 bits per heavy atom. The molecule has 1 aliphatic carbocycles. The van der Waals surface area contributed by atoms with Crippen LogP contribution in [0.15, 0.2) is 18.3 Å². The van der Waals surface area contributed by atoms with Gasteiger partial charge in [-0.1, -0.05) is 6.07 Å². The summed E-state index contributed by atoms with van der Waals surface area (Å²) >= 11 is 0.